The van der Waals surface area contributed by atoms with Crippen LogP contribution >= 0.6 is 15.9 Å². The van der Waals surface area contributed by atoms with Crippen LogP contribution in [0.3, 0.4) is 0 Å². The molecule has 2 unspecified atom stereocenters. The topological polar surface area (TPSA) is 29.1 Å². The molecule has 3 rings (SSSR count). The van der Waals surface area contributed by atoms with Gasteiger partial charge in [-0.1, -0.05) is 28.8 Å². The lowest BCUT2D eigenvalue weighted by molar-refractivity contribution is -0.123. The first-order valence-corrected chi connectivity index (χ1v) is 7.68. The molecule has 0 aromatic heterocycles. The maximum atomic E-state index is 13.6. The van der Waals surface area contributed by atoms with E-state index in [-0.39, 0.29) is 24.2 Å². The molecule has 102 valence electrons. The van der Waals surface area contributed by atoms with E-state index in [0.717, 1.165) is 4.47 Å². The van der Waals surface area contributed by atoms with Crippen molar-refractivity contribution in [2.75, 3.05) is 0 Å². The lowest BCUT2D eigenvalue weighted by atomic mass is 10.0. The Hall–Kier alpha value is -0.900. The van der Waals surface area contributed by atoms with Crippen molar-refractivity contribution in [1.29, 1.82) is 0 Å². The quantitative estimate of drug-likeness (QED) is 0.903. The van der Waals surface area contributed by atoms with Crippen LogP contribution in [-0.2, 0) is 11.3 Å². The van der Waals surface area contributed by atoms with Gasteiger partial charge in [0.2, 0.25) is 5.91 Å². The largest absolute Gasteiger partial charge is 0.352 e. The van der Waals surface area contributed by atoms with Crippen molar-refractivity contribution in [2.45, 2.75) is 32.2 Å². The van der Waals surface area contributed by atoms with E-state index in [9.17, 15) is 9.18 Å². The fourth-order valence-electron chi connectivity index (χ4n) is 3.36. The minimum Gasteiger partial charge on any atom is -0.352 e. The van der Waals surface area contributed by atoms with Crippen LogP contribution in [0.15, 0.2) is 22.7 Å². The Labute approximate surface area is 120 Å². The summed E-state index contributed by atoms with van der Waals surface area (Å²) in [6.07, 6.45) is 4.89. The number of halogens is 2. The van der Waals surface area contributed by atoms with Crippen LogP contribution in [0.2, 0.25) is 0 Å². The molecule has 2 aliphatic rings. The van der Waals surface area contributed by atoms with Crippen LogP contribution in [0.4, 0.5) is 4.39 Å². The predicted octanol–water partition coefficient (Wildman–Crippen LogP) is 3.64. The summed E-state index contributed by atoms with van der Waals surface area (Å²) >= 11 is 3.32. The fraction of sp³-hybridized carbons (Fsp3) is 0.533. The van der Waals surface area contributed by atoms with Gasteiger partial charge in [0, 0.05) is 22.5 Å². The van der Waals surface area contributed by atoms with Crippen molar-refractivity contribution in [3.8, 4) is 0 Å². The van der Waals surface area contributed by atoms with E-state index < -0.39 is 0 Å². The Morgan fingerprint density at radius 2 is 2.00 bits per heavy atom. The molecule has 1 aromatic carbocycles. The zero-order chi connectivity index (χ0) is 13.4. The summed E-state index contributed by atoms with van der Waals surface area (Å²) < 4.78 is 14.4. The van der Waals surface area contributed by atoms with Crippen molar-refractivity contribution < 1.29 is 9.18 Å². The molecule has 1 aromatic rings. The summed E-state index contributed by atoms with van der Waals surface area (Å²) in [5, 5.41) is 2.89. The third-order valence-corrected chi connectivity index (χ3v) is 4.91. The third-order valence-electron chi connectivity index (χ3n) is 4.42. The van der Waals surface area contributed by atoms with Crippen LogP contribution in [0.1, 0.15) is 31.2 Å². The maximum Gasteiger partial charge on any atom is 0.223 e. The monoisotopic (exact) mass is 325 g/mol. The molecular weight excluding hydrogens is 309 g/mol. The molecule has 1 N–H and O–H groups in total. The van der Waals surface area contributed by atoms with Gasteiger partial charge in [-0.2, -0.15) is 0 Å². The zero-order valence-corrected chi connectivity index (χ0v) is 12.2. The van der Waals surface area contributed by atoms with Gasteiger partial charge in [0.25, 0.3) is 0 Å². The molecular formula is C15H17BrFNO. The molecule has 19 heavy (non-hydrogen) atoms. The Morgan fingerprint density at radius 3 is 2.68 bits per heavy atom. The van der Waals surface area contributed by atoms with E-state index in [2.05, 4.69) is 21.2 Å². The summed E-state index contributed by atoms with van der Waals surface area (Å²) in [6, 6.07) is 4.80. The molecule has 0 spiro atoms. The van der Waals surface area contributed by atoms with Crippen LogP contribution in [0, 0.1) is 23.6 Å². The smallest absolute Gasteiger partial charge is 0.223 e. The van der Waals surface area contributed by atoms with Crippen molar-refractivity contribution in [3.63, 3.8) is 0 Å². The minimum absolute atomic E-state index is 0.108. The molecule has 2 aliphatic carbocycles. The summed E-state index contributed by atoms with van der Waals surface area (Å²) in [4.78, 5) is 12.1. The van der Waals surface area contributed by atoms with Crippen molar-refractivity contribution in [2.24, 2.45) is 17.8 Å². The van der Waals surface area contributed by atoms with E-state index in [4.69, 9.17) is 0 Å². The van der Waals surface area contributed by atoms with Gasteiger partial charge in [0.05, 0.1) is 0 Å². The molecule has 0 saturated heterocycles. The van der Waals surface area contributed by atoms with Crippen LogP contribution < -0.4 is 5.32 Å². The van der Waals surface area contributed by atoms with E-state index in [1.807, 2.05) is 0 Å². The molecule has 1 amide bonds. The number of fused-ring (bicyclic) bond motifs is 1. The van der Waals surface area contributed by atoms with E-state index >= 15 is 0 Å². The number of hydrogen-bond donors (Lipinski definition) is 1. The van der Waals surface area contributed by atoms with Gasteiger partial charge in [-0.3, -0.25) is 4.79 Å². The number of amides is 1. The number of carbonyl (C=O) groups is 1. The number of nitrogens with one attached hydrogen (secondary N) is 1. The fourth-order valence-corrected chi connectivity index (χ4v) is 3.77. The highest BCUT2D eigenvalue weighted by Gasteiger charge is 2.54. The standard InChI is InChI=1S/C15H17BrFNO/c16-10-5-6-13(17)9(7-10)8-18-15(19)14-11-3-1-2-4-12(11)14/h5-7,11-12,14H,1-4,8H2,(H,18,19). The van der Waals surface area contributed by atoms with Gasteiger partial charge >= 0.3 is 0 Å². The lowest BCUT2D eigenvalue weighted by Gasteiger charge is -2.06. The molecule has 0 aliphatic heterocycles. The Morgan fingerprint density at radius 1 is 1.32 bits per heavy atom. The molecule has 2 nitrogen and oxygen atoms in total. The molecule has 0 bridgehead atoms. The predicted molar refractivity (Wildman–Crippen MR) is 74.9 cm³/mol. The Balaban J connectivity index is 1.57. The van der Waals surface area contributed by atoms with Crippen LogP contribution in [-0.4, -0.2) is 5.91 Å². The lowest BCUT2D eigenvalue weighted by Crippen LogP contribution is -2.26. The Kier molecular flexibility index (Phi) is 3.61. The van der Waals surface area contributed by atoms with Crippen molar-refractivity contribution in [1.82, 2.24) is 5.32 Å². The molecule has 0 heterocycles. The normalized spacial score (nSPS) is 28.6. The first-order valence-electron chi connectivity index (χ1n) is 6.88. The van der Waals surface area contributed by atoms with Gasteiger partial charge in [-0.15, -0.1) is 0 Å². The first kappa shape index (κ1) is 13.1. The second-order valence-corrected chi connectivity index (χ2v) is 6.51. The van der Waals surface area contributed by atoms with E-state index in [0.29, 0.717) is 17.4 Å². The average Bonchev–Trinajstić information content (AvgIpc) is 3.14. The van der Waals surface area contributed by atoms with Gasteiger partial charge in [-0.05, 0) is 42.9 Å². The number of rotatable bonds is 3. The third kappa shape index (κ3) is 2.69. The molecule has 0 radical (unpaired) electrons. The number of hydrogen-bond acceptors (Lipinski definition) is 1. The van der Waals surface area contributed by atoms with Crippen molar-refractivity contribution >= 4 is 21.8 Å². The number of carbonyl (C=O) groups excluding carboxylic acids is 1. The van der Waals surface area contributed by atoms with Crippen molar-refractivity contribution in [3.05, 3.63) is 34.1 Å². The highest BCUT2D eigenvalue weighted by molar-refractivity contribution is 9.10. The highest BCUT2D eigenvalue weighted by Crippen LogP contribution is 2.55. The van der Waals surface area contributed by atoms with Crippen LogP contribution in [0.5, 0.6) is 0 Å². The Bertz CT molecular complexity index is 493. The van der Waals surface area contributed by atoms with Gasteiger partial charge < -0.3 is 5.32 Å². The summed E-state index contributed by atoms with van der Waals surface area (Å²) in [6.45, 7) is 0.278. The second kappa shape index (κ2) is 5.23. The van der Waals surface area contributed by atoms with Crippen LogP contribution in [0.25, 0.3) is 0 Å². The summed E-state index contributed by atoms with van der Waals surface area (Å²) in [5.41, 5.74) is 0.534. The summed E-state index contributed by atoms with van der Waals surface area (Å²) in [5.74, 6) is 1.23. The highest BCUT2D eigenvalue weighted by atomic mass is 79.9. The van der Waals surface area contributed by atoms with E-state index in [1.54, 1.807) is 12.1 Å². The number of benzene rings is 1. The maximum absolute atomic E-state index is 13.6. The molecule has 2 fully saturated rings. The zero-order valence-electron chi connectivity index (χ0n) is 10.7. The first-order chi connectivity index (χ1) is 9.16. The summed E-state index contributed by atoms with van der Waals surface area (Å²) in [7, 11) is 0. The van der Waals surface area contributed by atoms with Gasteiger partial charge in [-0.25, -0.2) is 4.39 Å². The minimum atomic E-state index is -0.267. The molecule has 4 heteroatoms. The van der Waals surface area contributed by atoms with Gasteiger partial charge in [0.1, 0.15) is 5.82 Å². The SMILES string of the molecule is O=C(NCc1cc(Br)ccc1F)C1C2CCCCC21. The average molecular weight is 326 g/mol. The van der Waals surface area contributed by atoms with E-state index in [1.165, 1.54) is 31.7 Å². The molecule has 2 atom stereocenters. The second-order valence-electron chi connectivity index (χ2n) is 5.59. The molecule has 2 saturated carbocycles. The van der Waals surface area contributed by atoms with Gasteiger partial charge in [0.15, 0.2) is 0 Å².